The minimum atomic E-state index is -0.417. The van der Waals surface area contributed by atoms with E-state index in [1.54, 1.807) is 4.90 Å². The second kappa shape index (κ2) is 8.82. The number of rotatable bonds is 4. The van der Waals surface area contributed by atoms with Gasteiger partial charge in [-0.05, 0) is 56.0 Å². The highest BCUT2D eigenvalue weighted by molar-refractivity contribution is 6.02. The Labute approximate surface area is 164 Å². The normalized spacial score (nSPS) is 14.4. The van der Waals surface area contributed by atoms with Crippen LogP contribution in [0.25, 0.3) is 0 Å². The Morgan fingerprint density at radius 1 is 1.00 bits per heavy atom. The molecule has 148 valence electrons. The number of amides is 2. The van der Waals surface area contributed by atoms with E-state index in [1.807, 2.05) is 32.0 Å². The van der Waals surface area contributed by atoms with Crippen LogP contribution in [-0.4, -0.2) is 39.6 Å². The number of nitrogens with one attached hydrogen (secondary N) is 1. The highest BCUT2D eigenvalue weighted by Crippen LogP contribution is 2.15. The fourth-order valence-electron chi connectivity index (χ4n) is 3.25. The average molecular weight is 382 g/mol. The van der Waals surface area contributed by atoms with Crippen molar-refractivity contribution in [2.24, 2.45) is 0 Å². The Balaban J connectivity index is 1.73. The third-order valence-electron chi connectivity index (χ3n) is 5.11. The van der Waals surface area contributed by atoms with Gasteiger partial charge in [0.1, 0.15) is 12.2 Å². The summed E-state index contributed by atoms with van der Waals surface area (Å²) in [7, 11) is 0. The molecule has 28 heavy (non-hydrogen) atoms. The lowest BCUT2D eigenvalue weighted by Gasteiger charge is -2.20. The van der Waals surface area contributed by atoms with Gasteiger partial charge in [-0.25, -0.2) is 4.68 Å². The summed E-state index contributed by atoms with van der Waals surface area (Å²) < 4.78 is 1.07. The Morgan fingerprint density at radius 2 is 1.71 bits per heavy atom. The van der Waals surface area contributed by atoms with Gasteiger partial charge < -0.3 is 10.2 Å². The van der Waals surface area contributed by atoms with E-state index in [0.29, 0.717) is 18.8 Å². The number of likely N-dealkylation sites (tertiary alicyclic amines) is 1. The zero-order valence-corrected chi connectivity index (χ0v) is 16.4. The van der Waals surface area contributed by atoms with E-state index in [-0.39, 0.29) is 18.1 Å². The average Bonchev–Trinajstić information content (AvgIpc) is 2.96. The molecule has 0 bridgehead atoms. The largest absolute Gasteiger partial charge is 0.341 e. The van der Waals surface area contributed by atoms with E-state index in [1.165, 1.54) is 12.1 Å². The number of hydrogen-bond donors (Lipinski definition) is 1. The summed E-state index contributed by atoms with van der Waals surface area (Å²) in [6, 6.07) is 8.29. The molecule has 0 spiro atoms. The topological polar surface area (TPSA) is 84.3 Å². The van der Waals surface area contributed by atoms with Gasteiger partial charge in [-0.3, -0.25) is 14.4 Å². The van der Waals surface area contributed by atoms with Gasteiger partial charge in [0.05, 0.1) is 0 Å². The quantitative estimate of drug-likeness (QED) is 0.881. The molecule has 2 heterocycles. The van der Waals surface area contributed by atoms with Crippen molar-refractivity contribution in [2.45, 2.75) is 46.1 Å². The lowest BCUT2D eigenvalue weighted by molar-refractivity contribution is -0.132. The molecule has 0 atom stereocenters. The summed E-state index contributed by atoms with van der Waals surface area (Å²) >= 11 is 0. The van der Waals surface area contributed by atoms with Crippen LogP contribution >= 0.6 is 0 Å². The standard InChI is InChI=1S/C21H26N4O3/c1-15-7-8-17(13-16(15)2)22-21(28)18-9-10-19(26)25(23-18)14-20(27)24-11-5-3-4-6-12-24/h7-10,13H,3-6,11-12,14H2,1-2H3,(H,22,28). The minimum absolute atomic E-state index is 0.0986. The Morgan fingerprint density at radius 3 is 2.39 bits per heavy atom. The molecule has 7 heteroatoms. The number of aromatic nitrogens is 2. The Bertz CT molecular complexity index is 927. The molecule has 1 aliphatic heterocycles. The predicted octanol–water partition coefficient (Wildman–Crippen LogP) is 2.52. The van der Waals surface area contributed by atoms with Crippen LogP contribution in [0.4, 0.5) is 5.69 Å². The monoisotopic (exact) mass is 382 g/mol. The SMILES string of the molecule is Cc1ccc(NC(=O)c2ccc(=O)n(CC(=O)N3CCCCCC3)n2)cc1C. The number of benzene rings is 1. The first-order valence-electron chi connectivity index (χ1n) is 9.68. The summed E-state index contributed by atoms with van der Waals surface area (Å²) in [6.45, 7) is 5.24. The van der Waals surface area contributed by atoms with E-state index in [9.17, 15) is 14.4 Å². The first-order valence-corrected chi connectivity index (χ1v) is 9.68. The molecule has 1 aromatic heterocycles. The van der Waals surface area contributed by atoms with Crippen LogP contribution in [0.5, 0.6) is 0 Å². The third-order valence-corrected chi connectivity index (χ3v) is 5.11. The minimum Gasteiger partial charge on any atom is -0.341 e. The summed E-state index contributed by atoms with van der Waals surface area (Å²) in [5.74, 6) is -0.553. The molecular weight excluding hydrogens is 356 g/mol. The highest BCUT2D eigenvalue weighted by atomic mass is 16.2. The zero-order chi connectivity index (χ0) is 20.1. The van der Waals surface area contributed by atoms with Crippen LogP contribution < -0.4 is 10.9 Å². The first kappa shape index (κ1) is 19.8. The molecule has 3 rings (SSSR count). The molecule has 0 unspecified atom stereocenters. The van der Waals surface area contributed by atoms with E-state index >= 15 is 0 Å². The lowest BCUT2D eigenvalue weighted by atomic mass is 10.1. The van der Waals surface area contributed by atoms with Crippen molar-refractivity contribution >= 4 is 17.5 Å². The van der Waals surface area contributed by atoms with Crippen molar-refractivity contribution in [3.05, 3.63) is 57.5 Å². The molecule has 1 saturated heterocycles. The molecule has 2 amide bonds. The van der Waals surface area contributed by atoms with E-state index in [4.69, 9.17) is 0 Å². The number of anilines is 1. The molecule has 7 nitrogen and oxygen atoms in total. The van der Waals surface area contributed by atoms with Crippen LogP contribution in [0.2, 0.25) is 0 Å². The molecule has 0 aliphatic carbocycles. The van der Waals surface area contributed by atoms with Crippen molar-refractivity contribution in [3.8, 4) is 0 Å². The van der Waals surface area contributed by atoms with Crippen molar-refractivity contribution < 1.29 is 9.59 Å². The van der Waals surface area contributed by atoms with Crippen LogP contribution in [0.1, 0.15) is 47.3 Å². The summed E-state index contributed by atoms with van der Waals surface area (Å²) in [5, 5.41) is 6.90. The van der Waals surface area contributed by atoms with E-state index < -0.39 is 11.5 Å². The fraction of sp³-hybridized carbons (Fsp3) is 0.429. The molecule has 1 fully saturated rings. The summed E-state index contributed by atoms with van der Waals surface area (Å²) in [4.78, 5) is 39.0. The van der Waals surface area contributed by atoms with Crippen molar-refractivity contribution in [1.82, 2.24) is 14.7 Å². The molecule has 0 saturated carbocycles. The highest BCUT2D eigenvalue weighted by Gasteiger charge is 2.18. The van der Waals surface area contributed by atoms with Crippen molar-refractivity contribution in [3.63, 3.8) is 0 Å². The molecule has 0 radical (unpaired) electrons. The maximum Gasteiger partial charge on any atom is 0.276 e. The molecule has 1 aliphatic rings. The van der Waals surface area contributed by atoms with Crippen LogP contribution in [-0.2, 0) is 11.3 Å². The number of carbonyl (C=O) groups excluding carboxylic acids is 2. The number of carbonyl (C=O) groups is 2. The maximum absolute atomic E-state index is 12.5. The predicted molar refractivity (Wildman–Crippen MR) is 107 cm³/mol. The smallest absolute Gasteiger partial charge is 0.276 e. The maximum atomic E-state index is 12.5. The summed E-state index contributed by atoms with van der Waals surface area (Å²) in [6.07, 6.45) is 4.20. The second-order valence-corrected chi connectivity index (χ2v) is 7.26. The van der Waals surface area contributed by atoms with Crippen molar-refractivity contribution in [2.75, 3.05) is 18.4 Å². The summed E-state index contributed by atoms with van der Waals surface area (Å²) in [5.41, 5.74) is 2.57. The van der Waals surface area contributed by atoms with Gasteiger partial charge >= 0.3 is 0 Å². The molecule has 1 aromatic carbocycles. The van der Waals surface area contributed by atoms with Gasteiger partial charge in [0.15, 0.2) is 0 Å². The number of aryl methyl sites for hydroxylation is 2. The molecular formula is C21H26N4O3. The Kier molecular flexibility index (Phi) is 6.23. The van der Waals surface area contributed by atoms with Gasteiger partial charge in [-0.1, -0.05) is 18.9 Å². The first-order chi connectivity index (χ1) is 13.4. The van der Waals surface area contributed by atoms with Gasteiger partial charge in [-0.2, -0.15) is 5.10 Å². The molecule has 1 N–H and O–H groups in total. The van der Waals surface area contributed by atoms with Gasteiger partial charge in [0.2, 0.25) is 5.91 Å². The lowest BCUT2D eigenvalue weighted by Crippen LogP contribution is -2.38. The van der Waals surface area contributed by atoms with Crippen LogP contribution in [0.15, 0.2) is 35.1 Å². The number of hydrogen-bond acceptors (Lipinski definition) is 4. The van der Waals surface area contributed by atoms with Gasteiger partial charge in [0, 0.05) is 24.8 Å². The second-order valence-electron chi connectivity index (χ2n) is 7.26. The van der Waals surface area contributed by atoms with E-state index in [2.05, 4.69) is 10.4 Å². The zero-order valence-electron chi connectivity index (χ0n) is 16.4. The third kappa shape index (κ3) is 4.85. The van der Waals surface area contributed by atoms with Crippen LogP contribution in [0, 0.1) is 13.8 Å². The fourth-order valence-corrected chi connectivity index (χ4v) is 3.25. The number of nitrogens with zero attached hydrogens (tertiary/aromatic N) is 3. The van der Waals surface area contributed by atoms with Crippen LogP contribution in [0.3, 0.4) is 0 Å². The van der Waals surface area contributed by atoms with Crippen molar-refractivity contribution in [1.29, 1.82) is 0 Å². The van der Waals surface area contributed by atoms with E-state index in [0.717, 1.165) is 41.5 Å². The Hall–Kier alpha value is -2.96. The van der Waals surface area contributed by atoms with Gasteiger partial charge in [0.25, 0.3) is 11.5 Å². The molecule has 2 aromatic rings. The van der Waals surface area contributed by atoms with Gasteiger partial charge in [-0.15, -0.1) is 0 Å².